The first kappa shape index (κ1) is 18.2. The lowest BCUT2D eigenvalue weighted by Gasteiger charge is -2.18. The van der Waals surface area contributed by atoms with Crippen molar-refractivity contribution in [1.29, 1.82) is 0 Å². The molecule has 1 atom stereocenters. The Kier molecular flexibility index (Phi) is 7.26. The van der Waals surface area contributed by atoms with E-state index >= 15 is 0 Å². The van der Waals surface area contributed by atoms with Gasteiger partial charge in [0.05, 0.1) is 7.14 Å². The van der Waals surface area contributed by atoms with Crippen LogP contribution < -0.4 is 0 Å². The second kappa shape index (κ2) is 9.20. The minimum atomic E-state index is -2.30. The number of hydrogen-bond donors (Lipinski definition) is 0. The molecule has 124 valence electrons. The summed E-state index contributed by atoms with van der Waals surface area (Å²) in [7, 11) is -3.18. The molecule has 1 unspecified atom stereocenters. The first-order chi connectivity index (χ1) is 11.1. The molecule has 0 saturated heterocycles. The third-order valence-electron chi connectivity index (χ3n) is 4.09. The SMILES string of the molecule is CS(=O)CCP(=O)(CCc1ccccc1)CCc1ccccc1. The molecule has 0 saturated carbocycles. The smallest absolute Gasteiger partial charge is 0.0893 e. The quantitative estimate of drug-likeness (QED) is 0.636. The van der Waals surface area contributed by atoms with E-state index in [1.54, 1.807) is 6.26 Å². The van der Waals surface area contributed by atoms with Gasteiger partial charge < -0.3 is 4.57 Å². The zero-order valence-corrected chi connectivity index (χ0v) is 15.4. The molecule has 0 amide bonds. The molecule has 0 spiro atoms. The molecule has 0 aliphatic heterocycles. The Morgan fingerprint density at radius 2 is 1.22 bits per heavy atom. The molecule has 0 radical (unpaired) electrons. The molecular weight excluding hydrogens is 323 g/mol. The van der Waals surface area contributed by atoms with E-state index in [4.69, 9.17) is 0 Å². The highest BCUT2D eigenvalue weighted by atomic mass is 32.2. The second-order valence-corrected chi connectivity index (χ2v) is 11.0. The first-order valence-corrected chi connectivity index (χ1v) is 12.0. The fourth-order valence-corrected chi connectivity index (χ4v) is 6.95. The predicted molar refractivity (Wildman–Crippen MR) is 101 cm³/mol. The van der Waals surface area contributed by atoms with Crippen LogP contribution in [0.25, 0.3) is 0 Å². The van der Waals surface area contributed by atoms with Crippen LogP contribution in [0.3, 0.4) is 0 Å². The van der Waals surface area contributed by atoms with E-state index in [9.17, 15) is 8.77 Å². The molecule has 2 rings (SSSR count). The van der Waals surface area contributed by atoms with Gasteiger partial charge in [-0.2, -0.15) is 0 Å². The Hall–Kier alpha value is -1.18. The van der Waals surface area contributed by atoms with E-state index in [-0.39, 0.29) is 0 Å². The molecule has 0 aromatic heterocycles. The summed E-state index contributed by atoms with van der Waals surface area (Å²) >= 11 is 0. The average Bonchev–Trinajstić information content (AvgIpc) is 2.59. The zero-order valence-electron chi connectivity index (χ0n) is 13.7. The van der Waals surface area contributed by atoms with E-state index in [0.29, 0.717) is 24.2 Å². The van der Waals surface area contributed by atoms with Crippen molar-refractivity contribution in [2.45, 2.75) is 12.8 Å². The van der Waals surface area contributed by atoms with Gasteiger partial charge in [0, 0.05) is 41.3 Å². The maximum absolute atomic E-state index is 13.3. The fourth-order valence-electron chi connectivity index (χ4n) is 2.59. The Balaban J connectivity index is 1.99. The van der Waals surface area contributed by atoms with E-state index < -0.39 is 17.9 Å². The van der Waals surface area contributed by atoms with Crippen LogP contribution in [0.5, 0.6) is 0 Å². The number of aryl methyl sites for hydroxylation is 2. The van der Waals surface area contributed by atoms with E-state index in [1.807, 2.05) is 36.4 Å². The number of hydrogen-bond acceptors (Lipinski definition) is 2. The van der Waals surface area contributed by atoms with Crippen molar-refractivity contribution in [3.8, 4) is 0 Å². The highest BCUT2D eigenvalue weighted by molar-refractivity contribution is 7.84. The topological polar surface area (TPSA) is 34.1 Å². The zero-order chi connectivity index (χ0) is 16.5. The van der Waals surface area contributed by atoms with Crippen molar-refractivity contribution in [1.82, 2.24) is 0 Å². The van der Waals surface area contributed by atoms with Crippen molar-refractivity contribution in [3.05, 3.63) is 71.8 Å². The maximum atomic E-state index is 13.3. The Bertz CT molecular complexity index is 608. The summed E-state index contributed by atoms with van der Waals surface area (Å²) in [5, 5.41) is 0. The minimum Gasteiger partial charge on any atom is -0.323 e. The number of rotatable bonds is 9. The van der Waals surface area contributed by atoms with Crippen LogP contribution in [0, 0.1) is 0 Å². The molecule has 0 fully saturated rings. The van der Waals surface area contributed by atoms with Crippen molar-refractivity contribution in [2.24, 2.45) is 0 Å². The molecule has 0 bridgehead atoms. The third-order valence-corrected chi connectivity index (χ3v) is 8.29. The van der Waals surface area contributed by atoms with E-state index in [0.717, 1.165) is 12.8 Å². The lowest BCUT2D eigenvalue weighted by Crippen LogP contribution is -2.10. The summed E-state index contributed by atoms with van der Waals surface area (Å²) < 4.78 is 24.8. The number of benzene rings is 2. The van der Waals surface area contributed by atoms with Crippen LogP contribution in [0.2, 0.25) is 0 Å². The van der Waals surface area contributed by atoms with Gasteiger partial charge in [-0.05, 0) is 24.0 Å². The molecule has 0 aliphatic rings. The van der Waals surface area contributed by atoms with Gasteiger partial charge in [-0.15, -0.1) is 0 Å². The molecule has 2 nitrogen and oxygen atoms in total. The van der Waals surface area contributed by atoms with Gasteiger partial charge in [0.1, 0.15) is 0 Å². The molecular formula is C19H25O2PS. The summed E-state index contributed by atoms with van der Waals surface area (Å²) in [5.41, 5.74) is 2.45. The molecule has 2 aromatic rings. The maximum Gasteiger partial charge on any atom is 0.0893 e. The summed E-state index contributed by atoms with van der Waals surface area (Å²) in [6, 6.07) is 20.4. The van der Waals surface area contributed by atoms with Crippen LogP contribution in [0.4, 0.5) is 0 Å². The summed E-state index contributed by atoms with van der Waals surface area (Å²) in [6.07, 6.45) is 5.38. The highest BCUT2D eigenvalue weighted by Gasteiger charge is 2.22. The Morgan fingerprint density at radius 3 is 1.61 bits per heavy atom. The lowest BCUT2D eigenvalue weighted by molar-refractivity contribution is 0.574. The van der Waals surface area contributed by atoms with Crippen LogP contribution >= 0.6 is 7.14 Å². The van der Waals surface area contributed by atoms with Crippen LogP contribution in [0.1, 0.15) is 11.1 Å². The van der Waals surface area contributed by atoms with Crippen LogP contribution in [-0.4, -0.2) is 34.7 Å². The van der Waals surface area contributed by atoms with Crippen molar-refractivity contribution < 1.29 is 8.77 Å². The van der Waals surface area contributed by atoms with Gasteiger partial charge in [0.25, 0.3) is 0 Å². The molecule has 23 heavy (non-hydrogen) atoms. The second-order valence-electron chi connectivity index (χ2n) is 5.98. The van der Waals surface area contributed by atoms with Gasteiger partial charge >= 0.3 is 0 Å². The lowest BCUT2D eigenvalue weighted by atomic mass is 10.2. The summed E-state index contributed by atoms with van der Waals surface area (Å²) in [4.78, 5) is 0. The minimum absolute atomic E-state index is 0.543. The summed E-state index contributed by atoms with van der Waals surface area (Å²) in [5.74, 6) is 0.543. The summed E-state index contributed by atoms with van der Waals surface area (Å²) in [6.45, 7) is 0. The Labute approximate surface area is 142 Å². The van der Waals surface area contributed by atoms with Gasteiger partial charge in [-0.3, -0.25) is 4.21 Å². The van der Waals surface area contributed by atoms with Crippen molar-refractivity contribution >= 4 is 17.9 Å². The Morgan fingerprint density at radius 1 is 0.783 bits per heavy atom. The van der Waals surface area contributed by atoms with Gasteiger partial charge in [-0.1, -0.05) is 60.7 Å². The first-order valence-electron chi connectivity index (χ1n) is 8.02. The molecule has 0 N–H and O–H groups in total. The highest BCUT2D eigenvalue weighted by Crippen LogP contribution is 2.46. The fraction of sp³-hybridized carbons (Fsp3) is 0.368. The normalized spacial score (nSPS) is 12.9. The van der Waals surface area contributed by atoms with Gasteiger partial charge in [-0.25, -0.2) is 0 Å². The van der Waals surface area contributed by atoms with Crippen molar-refractivity contribution in [3.63, 3.8) is 0 Å². The molecule has 0 aliphatic carbocycles. The van der Waals surface area contributed by atoms with Gasteiger partial charge in [0.15, 0.2) is 0 Å². The van der Waals surface area contributed by atoms with Crippen LogP contribution in [0.15, 0.2) is 60.7 Å². The molecule has 2 aromatic carbocycles. The van der Waals surface area contributed by atoms with E-state index in [2.05, 4.69) is 24.3 Å². The van der Waals surface area contributed by atoms with Crippen LogP contribution in [-0.2, 0) is 28.2 Å². The standard InChI is InChI=1S/C19H25O2PS/c1-23(21)17-16-22(20,14-12-18-8-4-2-5-9-18)15-13-19-10-6-3-7-11-19/h2-11H,12-17H2,1H3. The van der Waals surface area contributed by atoms with Crippen molar-refractivity contribution in [2.75, 3.05) is 30.5 Å². The third kappa shape index (κ3) is 6.85. The van der Waals surface area contributed by atoms with Gasteiger partial charge in [0.2, 0.25) is 0 Å². The average molecular weight is 348 g/mol. The largest absolute Gasteiger partial charge is 0.323 e. The predicted octanol–water partition coefficient (Wildman–Crippen LogP) is 4.21. The van der Waals surface area contributed by atoms with E-state index in [1.165, 1.54) is 11.1 Å². The monoisotopic (exact) mass is 348 g/mol. The molecule has 4 heteroatoms. The molecule has 0 heterocycles.